The number of amides is 1. The van der Waals surface area contributed by atoms with Crippen LogP contribution in [0.25, 0.3) is 0 Å². The van der Waals surface area contributed by atoms with E-state index >= 15 is 0 Å². The minimum absolute atomic E-state index is 0.0272. The Morgan fingerprint density at radius 1 is 1.44 bits per heavy atom. The Labute approximate surface area is 107 Å². The van der Waals surface area contributed by atoms with Crippen molar-refractivity contribution in [2.75, 3.05) is 0 Å². The minimum Gasteiger partial charge on any atom is -0.409 e. The van der Waals surface area contributed by atoms with Crippen molar-refractivity contribution in [3.63, 3.8) is 0 Å². The number of hydrogen-bond donors (Lipinski definition) is 3. The van der Waals surface area contributed by atoms with Crippen LogP contribution in [0.4, 0.5) is 0 Å². The first kappa shape index (κ1) is 14.0. The molecule has 0 fully saturated rings. The Morgan fingerprint density at radius 2 is 2.06 bits per heavy atom. The lowest BCUT2D eigenvalue weighted by molar-refractivity contribution is -0.121. The fourth-order valence-electron chi connectivity index (χ4n) is 1.56. The van der Waals surface area contributed by atoms with Gasteiger partial charge >= 0.3 is 0 Å². The molecule has 5 nitrogen and oxygen atoms in total. The van der Waals surface area contributed by atoms with Crippen LogP contribution in [0.2, 0.25) is 0 Å². The maximum absolute atomic E-state index is 11.9. The van der Waals surface area contributed by atoms with E-state index in [1.807, 2.05) is 31.2 Å². The monoisotopic (exact) mass is 249 g/mol. The highest BCUT2D eigenvalue weighted by atomic mass is 16.4. The summed E-state index contributed by atoms with van der Waals surface area (Å²) in [4.78, 5) is 11.9. The third kappa shape index (κ3) is 3.48. The topological polar surface area (TPSA) is 87.7 Å². The van der Waals surface area contributed by atoms with Crippen molar-refractivity contribution < 1.29 is 10.0 Å². The standard InChI is InChI=1S/C13H19N3O2/c1-9-6-4-5-7-10(9)8-11(17)15-13(2,3)12(14)16-18/h4-7,18H,8H2,1-3H3,(H2,14,16)(H,15,17). The van der Waals surface area contributed by atoms with Crippen molar-refractivity contribution in [1.82, 2.24) is 5.32 Å². The van der Waals surface area contributed by atoms with Gasteiger partial charge < -0.3 is 16.3 Å². The van der Waals surface area contributed by atoms with Crippen LogP contribution >= 0.6 is 0 Å². The maximum Gasteiger partial charge on any atom is 0.225 e. The summed E-state index contributed by atoms with van der Waals surface area (Å²) in [5.74, 6) is -0.193. The summed E-state index contributed by atoms with van der Waals surface area (Å²) in [5, 5.41) is 14.3. The van der Waals surface area contributed by atoms with E-state index in [-0.39, 0.29) is 18.2 Å². The van der Waals surface area contributed by atoms with E-state index in [4.69, 9.17) is 10.9 Å². The summed E-state index contributed by atoms with van der Waals surface area (Å²) in [6.45, 7) is 5.31. The van der Waals surface area contributed by atoms with Crippen molar-refractivity contribution in [3.05, 3.63) is 35.4 Å². The Bertz CT molecular complexity index is 467. The molecule has 0 heterocycles. The smallest absolute Gasteiger partial charge is 0.225 e. The molecule has 0 atom stereocenters. The molecular weight excluding hydrogens is 230 g/mol. The molecule has 0 radical (unpaired) electrons. The van der Waals surface area contributed by atoms with Gasteiger partial charge in [0.2, 0.25) is 5.91 Å². The van der Waals surface area contributed by atoms with Crippen LogP contribution in [0.5, 0.6) is 0 Å². The average Bonchev–Trinajstić information content (AvgIpc) is 2.30. The summed E-state index contributed by atoms with van der Waals surface area (Å²) in [7, 11) is 0. The molecule has 0 bridgehead atoms. The Morgan fingerprint density at radius 3 is 2.61 bits per heavy atom. The van der Waals surface area contributed by atoms with Crippen LogP contribution in [0, 0.1) is 6.92 Å². The number of aryl methyl sites for hydroxylation is 1. The Balaban J connectivity index is 2.71. The number of carbonyl (C=O) groups is 1. The molecule has 1 amide bonds. The Hall–Kier alpha value is -2.04. The van der Waals surface area contributed by atoms with Gasteiger partial charge in [-0.25, -0.2) is 0 Å². The van der Waals surface area contributed by atoms with Crippen molar-refractivity contribution in [2.24, 2.45) is 10.9 Å². The van der Waals surface area contributed by atoms with E-state index in [0.717, 1.165) is 11.1 Å². The normalized spacial score (nSPS) is 12.3. The number of amidine groups is 1. The molecule has 0 unspecified atom stereocenters. The summed E-state index contributed by atoms with van der Waals surface area (Å²) in [6.07, 6.45) is 0.273. The van der Waals surface area contributed by atoms with E-state index in [2.05, 4.69) is 10.5 Å². The predicted molar refractivity (Wildman–Crippen MR) is 70.5 cm³/mol. The molecule has 0 aliphatic rings. The molecule has 0 saturated heterocycles. The lowest BCUT2D eigenvalue weighted by Gasteiger charge is -2.24. The van der Waals surface area contributed by atoms with Crippen LogP contribution < -0.4 is 11.1 Å². The fraction of sp³-hybridized carbons (Fsp3) is 0.385. The number of nitrogens with zero attached hydrogens (tertiary/aromatic N) is 1. The molecule has 18 heavy (non-hydrogen) atoms. The lowest BCUT2D eigenvalue weighted by atomic mass is 10.0. The molecule has 5 heteroatoms. The second kappa shape index (κ2) is 5.53. The zero-order valence-corrected chi connectivity index (χ0v) is 10.9. The summed E-state index contributed by atoms with van der Waals surface area (Å²) >= 11 is 0. The second-order valence-electron chi connectivity index (χ2n) is 4.76. The lowest BCUT2D eigenvalue weighted by Crippen LogP contribution is -2.53. The highest BCUT2D eigenvalue weighted by Crippen LogP contribution is 2.09. The molecule has 0 aliphatic heterocycles. The molecule has 0 saturated carbocycles. The van der Waals surface area contributed by atoms with Gasteiger partial charge in [0, 0.05) is 0 Å². The van der Waals surface area contributed by atoms with E-state index in [0.29, 0.717) is 0 Å². The molecule has 0 aliphatic carbocycles. The molecule has 98 valence electrons. The van der Waals surface area contributed by atoms with E-state index in [1.165, 1.54) is 0 Å². The third-order valence-corrected chi connectivity index (χ3v) is 2.81. The number of oxime groups is 1. The quantitative estimate of drug-likeness (QED) is 0.324. The van der Waals surface area contributed by atoms with Gasteiger partial charge in [0.1, 0.15) is 0 Å². The van der Waals surface area contributed by atoms with Crippen molar-refractivity contribution >= 4 is 11.7 Å². The molecule has 0 spiro atoms. The fourth-order valence-corrected chi connectivity index (χ4v) is 1.56. The van der Waals surface area contributed by atoms with Crippen molar-refractivity contribution in [3.8, 4) is 0 Å². The van der Waals surface area contributed by atoms with Gasteiger partial charge in [-0.3, -0.25) is 4.79 Å². The number of benzene rings is 1. The summed E-state index contributed by atoms with van der Waals surface area (Å²) in [6, 6.07) is 7.68. The van der Waals surface area contributed by atoms with Gasteiger partial charge in [-0.2, -0.15) is 0 Å². The minimum atomic E-state index is -0.867. The summed E-state index contributed by atoms with van der Waals surface area (Å²) < 4.78 is 0. The molecule has 0 aromatic heterocycles. The van der Waals surface area contributed by atoms with Crippen molar-refractivity contribution in [1.29, 1.82) is 0 Å². The van der Waals surface area contributed by atoms with Gasteiger partial charge in [-0.15, -0.1) is 0 Å². The van der Waals surface area contributed by atoms with Gasteiger partial charge in [-0.05, 0) is 31.9 Å². The number of rotatable bonds is 4. The molecular formula is C13H19N3O2. The first-order valence-electron chi connectivity index (χ1n) is 5.70. The Kier molecular flexibility index (Phi) is 4.31. The predicted octanol–water partition coefficient (Wildman–Crippen LogP) is 1.18. The van der Waals surface area contributed by atoms with Gasteiger partial charge in [0.15, 0.2) is 5.84 Å². The van der Waals surface area contributed by atoms with Crippen LogP contribution in [-0.4, -0.2) is 22.5 Å². The largest absolute Gasteiger partial charge is 0.409 e. The number of nitrogens with one attached hydrogen (secondary N) is 1. The van der Waals surface area contributed by atoms with Gasteiger partial charge in [-0.1, -0.05) is 29.4 Å². The third-order valence-electron chi connectivity index (χ3n) is 2.81. The number of hydrogen-bond acceptors (Lipinski definition) is 3. The number of carbonyl (C=O) groups excluding carboxylic acids is 1. The highest BCUT2D eigenvalue weighted by Gasteiger charge is 2.25. The van der Waals surface area contributed by atoms with Crippen LogP contribution in [0.1, 0.15) is 25.0 Å². The van der Waals surface area contributed by atoms with Crippen molar-refractivity contribution in [2.45, 2.75) is 32.7 Å². The van der Waals surface area contributed by atoms with E-state index in [1.54, 1.807) is 13.8 Å². The van der Waals surface area contributed by atoms with Gasteiger partial charge in [0.25, 0.3) is 0 Å². The maximum atomic E-state index is 11.9. The van der Waals surface area contributed by atoms with E-state index < -0.39 is 5.54 Å². The average molecular weight is 249 g/mol. The first-order chi connectivity index (χ1) is 8.36. The van der Waals surface area contributed by atoms with Crippen LogP contribution in [0.3, 0.4) is 0 Å². The molecule has 4 N–H and O–H groups in total. The zero-order valence-electron chi connectivity index (χ0n) is 10.9. The summed E-state index contributed by atoms with van der Waals surface area (Å²) in [5.41, 5.74) is 6.67. The SMILES string of the molecule is Cc1ccccc1CC(=O)NC(C)(C)/C(N)=N/O. The highest BCUT2D eigenvalue weighted by molar-refractivity contribution is 5.93. The second-order valence-corrected chi connectivity index (χ2v) is 4.76. The zero-order chi connectivity index (χ0) is 13.8. The van der Waals surface area contributed by atoms with Crippen LogP contribution in [-0.2, 0) is 11.2 Å². The van der Waals surface area contributed by atoms with Gasteiger partial charge in [0.05, 0.1) is 12.0 Å². The van der Waals surface area contributed by atoms with E-state index in [9.17, 15) is 4.79 Å². The molecule has 1 rings (SSSR count). The number of nitrogens with two attached hydrogens (primary N) is 1. The molecule has 1 aromatic rings. The van der Waals surface area contributed by atoms with Crippen LogP contribution in [0.15, 0.2) is 29.4 Å². The molecule has 1 aromatic carbocycles. The first-order valence-corrected chi connectivity index (χ1v) is 5.70.